The minimum absolute atomic E-state index is 0.0556. The molecule has 0 aliphatic heterocycles. The average Bonchev–Trinajstić information content (AvgIpc) is 3.09. The van der Waals surface area contributed by atoms with Gasteiger partial charge in [-0.25, -0.2) is 0 Å². The third-order valence-corrected chi connectivity index (χ3v) is 5.86. The summed E-state index contributed by atoms with van der Waals surface area (Å²) >= 11 is 0. The molecule has 0 unspecified atom stereocenters. The van der Waals surface area contributed by atoms with Gasteiger partial charge in [0.2, 0.25) is 0 Å². The van der Waals surface area contributed by atoms with Crippen molar-refractivity contribution in [3.8, 4) is 11.1 Å². The number of H-pyrrole nitrogens is 1. The number of benzene rings is 2. The summed E-state index contributed by atoms with van der Waals surface area (Å²) in [6, 6.07) is 12.9. The van der Waals surface area contributed by atoms with Crippen molar-refractivity contribution in [2.75, 3.05) is 0 Å². The van der Waals surface area contributed by atoms with Gasteiger partial charge in [-0.05, 0) is 46.4 Å². The highest BCUT2D eigenvalue weighted by molar-refractivity contribution is 5.95. The van der Waals surface area contributed by atoms with Gasteiger partial charge in [0.1, 0.15) is 5.52 Å². The summed E-state index contributed by atoms with van der Waals surface area (Å²) in [5.41, 5.74) is 7.39. The Morgan fingerprint density at radius 2 is 1.56 bits per heavy atom. The molecule has 0 aliphatic rings. The van der Waals surface area contributed by atoms with E-state index < -0.39 is 0 Å². The SMILES string of the molecule is CCC(C)(C)c1cc2[nH]nnc2c(-c2ccccc2)c1C(C)(C)CC. The lowest BCUT2D eigenvalue weighted by Gasteiger charge is -2.35. The standard InChI is InChI=1S/C22H29N3/c1-7-21(3,4)16-14-17-20(24-25-23-17)18(15-12-10-9-11-13-15)19(16)22(5,6)8-2/h9-14H,7-8H2,1-6H3,(H,23,24,25). The highest BCUT2D eigenvalue weighted by Crippen LogP contribution is 2.45. The van der Waals surface area contributed by atoms with Crippen LogP contribution >= 0.6 is 0 Å². The van der Waals surface area contributed by atoms with E-state index in [4.69, 9.17) is 0 Å². The van der Waals surface area contributed by atoms with Crippen LogP contribution in [0.3, 0.4) is 0 Å². The molecular weight excluding hydrogens is 306 g/mol. The monoisotopic (exact) mass is 335 g/mol. The number of hydrogen-bond acceptors (Lipinski definition) is 2. The molecular formula is C22H29N3. The van der Waals surface area contributed by atoms with Crippen LogP contribution in [0.2, 0.25) is 0 Å². The van der Waals surface area contributed by atoms with Crippen molar-refractivity contribution in [1.29, 1.82) is 0 Å². The first kappa shape index (κ1) is 17.7. The topological polar surface area (TPSA) is 41.6 Å². The maximum atomic E-state index is 4.45. The van der Waals surface area contributed by atoms with Crippen molar-refractivity contribution in [2.45, 2.75) is 65.2 Å². The van der Waals surface area contributed by atoms with Crippen LogP contribution in [0.4, 0.5) is 0 Å². The van der Waals surface area contributed by atoms with Crippen molar-refractivity contribution in [1.82, 2.24) is 15.4 Å². The third-order valence-electron chi connectivity index (χ3n) is 5.86. The van der Waals surface area contributed by atoms with Gasteiger partial charge in [-0.3, -0.25) is 5.10 Å². The van der Waals surface area contributed by atoms with Crippen molar-refractivity contribution < 1.29 is 0 Å². The van der Waals surface area contributed by atoms with E-state index in [0.717, 1.165) is 23.9 Å². The summed E-state index contributed by atoms with van der Waals surface area (Å²) < 4.78 is 0. The lowest BCUT2D eigenvalue weighted by atomic mass is 9.68. The molecule has 1 N–H and O–H groups in total. The highest BCUT2D eigenvalue weighted by atomic mass is 15.3. The molecule has 2 aromatic carbocycles. The molecule has 0 bridgehead atoms. The Morgan fingerprint density at radius 3 is 2.16 bits per heavy atom. The third kappa shape index (κ3) is 2.97. The molecule has 0 saturated heterocycles. The molecule has 3 nitrogen and oxygen atoms in total. The number of hydrogen-bond donors (Lipinski definition) is 1. The van der Waals surface area contributed by atoms with E-state index >= 15 is 0 Å². The van der Waals surface area contributed by atoms with Gasteiger partial charge in [0.15, 0.2) is 0 Å². The number of nitrogens with zero attached hydrogens (tertiary/aromatic N) is 2. The summed E-state index contributed by atoms with van der Waals surface area (Å²) in [6.07, 6.45) is 2.16. The molecule has 1 heterocycles. The smallest absolute Gasteiger partial charge is 0.121 e. The van der Waals surface area contributed by atoms with Crippen molar-refractivity contribution in [2.24, 2.45) is 0 Å². The fraction of sp³-hybridized carbons (Fsp3) is 0.455. The van der Waals surface area contributed by atoms with E-state index in [1.165, 1.54) is 22.3 Å². The molecule has 0 radical (unpaired) electrons. The normalized spacial score (nSPS) is 12.7. The summed E-state index contributed by atoms with van der Waals surface area (Å²) in [5, 5.41) is 11.7. The van der Waals surface area contributed by atoms with E-state index in [1.54, 1.807) is 0 Å². The van der Waals surface area contributed by atoms with Crippen molar-refractivity contribution in [3.63, 3.8) is 0 Å². The zero-order valence-electron chi connectivity index (χ0n) is 16.3. The van der Waals surface area contributed by atoms with Gasteiger partial charge in [-0.1, -0.05) is 77.1 Å². The molecule has 3 aromatic rings. The zero-order valence-corrected chi connectivity index (χ0v) is 16.3. The molecule has 0 amide bonds. The van der Waals surface area contributed by atoms with Crippen molar-refractivity contribution in [3.05, 3.63) is 47.5 Å². The summed E-state index contributed by atoms with van der Waals surface area (Å²) in [5.74, 6) is 0. The molecule has 25 heavy (non-hydrogen) atoms. The number of aromatic amines is 1. The highest BCUT2D eigenvalue weighted by Gasteiger charge is 2.33. The van der Waals surface area contributed by atoms with Crippen LogP contribution < -0.4 is 0 Å². The second-order valence-electron chi connectivity index (χ2n) is 8.22. The van der Waals surface area contributed by atoms with Gasteiger partial charge < -0.3 is 0 Å². The van der Waals surface area contributed by atoms with Crippen LogP contribution in [0, 0.1) is 0 Å². The minimum Gasteiger partial charge on any atom is -0.258 e. The molecule has 132 valence electrons. The Morgan fingerprint density at radius 1 is 0.920 bits per heavy atom. The summed E-state index contributed by atoms with van der Waals surface area (Å²) in [7, 11) is 0. The summed E-state index contributed by atoms with van der Waals surface area (Å²) in [4.78, 5) is 0. The predicted molar refractivity (Wildman–Crippen MR) is 106 cm³/mol. The first-order valence-electron chi connectivity index (χ1n) is 9.26. The molecule has 3 rings (SSSR count). The van der Waals surface area contributed by atoms with Crippen LogP contribution in [0.25, 0.3) is 22.2 Å². The molecule has 0 fully saturated rings. The van der Waals surface area contributed by atoms with Crippen LogP contribution in [-0.4, -0.2) is 15.4 Å². The number of fused-ring (bicyclic) bond motifs is 1. The van der Waals surface area contributed by atoms with Gasteiger partial charge in [0, 0.05) is 5.56 Å². The predicted octanol–water partition coefficient (Wildman–Crippen LogP) is 6.00. The first-order chi connectivity index (χ1) is 11.8. The molecule has 1 aromatic heterocycles. The lowest BCUT2D eigenvalue weighted by molar-refractivity contribution is 0.457. The largest absolute Gasteiger partial charge is 0.258 e. The fourth-order valence-electron chi connectivity index (χ4n) is 3.48. The van der Waals surface area contributed by atoms with E-state index in [-0.39, 0.29) is 10.8 Å². The maximum absolute atomic E-state index is 4.45. The molecule has 0 spiro atoms. The Kier molecular flexibility index (Phi) is 4.44. The Balaban J connectivity index is 2.50. The van der Waals surface area contributed by atoms with Gasteiger partial charge in [-0.15, -0.1) is 5.10 Å². The van der Waals surface area contributed by atoms with Gasteiger partial charge in [-0.2, -0.15) is 0 Å². The Hall–Kier alpha value is -2.16. The molecule has 3 heteroatoms. The van der Waals surface area contributed by atoms with Crippen LogP contribution in [0.5, 0.6) is 0 Å². The number of rotatable bonds is 5. The van der Waals surface area contributed by atoms with Crippen LogP contribution in [-0.2, 0) is 10.8 Å². The van der Waals surface area contributed by atoms with E-state index in [9.17, 15) is 0 Å². The van der Waals surface area contributed by atoms with Gasteiger partial charge >= 0.3 is 0 Å². The van der Waals surface area contributed by atoms with Crippen LogP contribution in [0.15, 0.2) is 36.4 Å². The van der Waals surface area contributed by atoms with Crippen molar-refractivity contribution >= 4 is 11.0 Å². The molecule has 0 atom stereocenters. The summed E-state index contributed by atoms with van der Waals surface area (Å²) in [6.45, 7) is 13.9. The first-order valence-corrected chi connectivity index (χ1v) is 9.26. The Labute approximate surface area is 150 Å². The van der Waals surface area contributed by atoms with E-state index in [1.807, 2.05) is 0 Å². The van der Waals surface area contributed by atoms with Gasteiger partial charge in [0.25, 0.3) is 0 Å². The zero-order chi connectivity index (χ0) is 18.2. The van der Waals surface area contributed by atoms with E-state index in [0.29, 0.717) is 0 Å². The van der Waals surface area contributed by atoms with E-state index in [2.05, 4.69) is 93.4 Å². The molecule has 0 saturated carbocycles. The molecule has 0 aliphatic carbocycles. The quantitative estimate of drug-likeness (QED) is 0.621. The van der Waals surface area contributed by atoms with Crippen LogP contribution in [0.1, 0.15) is 65.5 Å². The average molecular weight is 335 g/mol. The fourth-order valence-corrected chi connectivity index (χ4v) is 3.48. The minimum atomic E-state index is 0.0556. The lowest BCUT2D eigenvalue weighted by Crippen LogP contribution is -2.26. The van der Waals surface area contributed by atoms with Gasteiger partial charge in [0.05, 0.1) is 5.52 Å². The second kappa shape index (κ2) is 6.29. The second-order valence-corrected chi connectivity index (χ2v) is 8.22. The number of aromatic nitrogens is 3. The Bertz CT molecular complexity index is 873. The maximum Gasteiger partial charge on any atom is 0.121 e. The number of nitrogens with one attached hydrogen (secondary N) is 1.